The Kier molecular flexibility index (Phi) is 6.11. The average Bonchev–Trinajstić information content (AvgIpc) is 3.40. The Bertz CT molecular complexity index is 1640. The predicted molar refractivity (Wildman–Crippen MR) is 141 cm³/mol. The zero-order chi connectivity index (χ0) is 23.7. The zero-order valence-corrected chi connectivity index (χ0v) is 20.0. The molecule has 1 unspecified atom stereocenters. The van der Waals surface area contributed by atoms with Crippen molar-refractivity contribution in [1.29, 1.82) is 0 Å². The molecule has 3 aromatic carbocycles. The summed E-state index contributed by atoms with van der Waals surface area (Å²) >= 11 is 3.19. The number of rotatable bonds is 6. The molecular formula is C28H21N2O2S2+. The molecule has 0 saturated heterocycles. The topological polar surface area (TPSA) is 41.3 Å². The van der Waals surface area contributed by atoms with E-state index in [1.165, 1.54) is 0 Å². The van der Waals surface area contributed by atoms with Crippen LogP contribution in [0.2, 0.25) is 0 Å². The smallest absolute Gasteiger partial charge is 0.263 e. The van der Waals surface area contributed by atoms with E-state index in [1.807, 2.05) is 48.5 Å². The monoisotopic (exact) mass is 481 g/mol. The van der Waals surface area contributed by atoms with Crippen molar-refractivity contribution in [3.05, 3.63) is 84.4 Å². The van der Waals surface area contributed by atoms with Crippen molar-refractivity contribution >= 4 is 51.2 Å². The van der Waals surface area contributed by atoms with Gasteiger partial charge in [0.25, 0.3) is 5.01 Å². The van der Waals surface area contributed by atoms with Crippen LogP contribution in [0.15, 0.2) is 63.0 Å². The molecule has 5 rings (SSSR count). The van der Waals surface area contributed by atoms with E-state index in [-0.39, 0.29) is 26.7 Å². The van der Waals surface area contributed by atoms with E-state index in [4.69, 9.17) is 12.8 Å². The Morgan fingerprint density at radius 2 is 1.71 bits per heavy atom. The van der Waals surface area contributed by atoms with Crippen LogP contribution in [0.4, 0.5) is 5.69 Å². The van der Waals surface area contributed by atoms with E-state index in [0.717, 1.165) is 25.8 Å². The molecule has 0 spiro atoms. The molecular weight excluding hydrogens is 460 g/mol. The van der Waals surface area contributed by atoms with Gasteiger partial charge in [0.1, 0.15) is 4.70 Å². The Morgan fingerprint density at radius 3 is 2.50 bits per heavy atom. The lowest BCUT2D eigenvalue weighted by Gasteiger charge is -2.23. The van der Waals surface area contributed by atoms with Gasteiger partial charge in [0.15, 0.2) is 6.54 Å². The molecule has 4 aromatic rings. The van der Waals surface area contributed by atoms with Crippen LogP contribution in [-0.4, -0.2) is 11.9 Å². The van der Waals surface area contributed by atoms with Gasteiger partial charge in [-0.15, -0.1) is 24.7 Å². The number of anilines is 1. The summed E-state index contributed by atoms with van der Waals surface area (Å²) in [4.78, 5) is 29.4. The first-order valence-corrected chi connectivity index (χ1v) is 12.7. The number of thioether (sulfide) groups is 1. The Balaban J connectivity index is 1.55. The number of benzene rings is 2. The van der Waals surface area contributed by atoms with E-state index in [9.17, 15) is 9.59 Å². The molecule has 4 nitrogen and oxygen atoms in total. The number of aromatic nitrogens is 1. The molecule has 0 bridgehead atoms. The van der Waals surface area contributed by atoms with Crippen molar-refractivity contribution < 1.29 is 4.57 Å². The van der Waals surface area contributed by atoms with Gasteiger partial charge in [-0.2, -0.15) is 4.57 Å². The third-order valence-electron chi connectivity index (χ3n) is 5.90. The first-order valence-electron chi connectivity index (χ1n) is 11.0. The molecule has 0 aliphatic carbocycles. The first-order chi connectivity index (χ1) is 16.6. The summed E-state index contributed by atoms with van der Waals surface area (Å²) in [6, 6.07) is 16.1. The molecule has 0 N–H and O–H groups in total. The van der Waals surface area contributed by atoms with Crippen molar-refractivity contribution in [2.45, 2.75) is 29.7 Å². The summed E-state index contributed by atoms with van der Waals surface area (Å²) in [6.07, 6.45) is 15.6. The van der Waals surface area contributed by atoms with Gasteiger partial charge in [-0.1, -0.05) is 47.4 Å². The number of hydrogen-bond donors (Lipinski definition) is 0. The van der Waals surface area contributed by atoms with Gasteiger partial charge in [0.05, 0.1) is 27.9 Å². The minimum absolute atomic E-state index is 0.139. The highest BCUT2D eigenvalue weighted by Gasteiger charge is 2.28. The van der Waals surface area contributed by atoms with Crippen molar-refractivity contribution in [2.75, 3.05) is 11.4 Å². The number of para-hydroxylation sites is 2. The maximum atomic E-state index is 13.0. The van der Waals surface area contributed by atoms with Crippen LogP contribution in [0.3, 0.4) is 0 Å². The molecule has 2 heterocycles. The molecule has 6 heteroatoms. The van der Waals surface area contributed by atoms with Crippen LogP contribution in [0, 0.1) is 24.7 Å². The molecule has 1 aliphatic heterocycles. The second-order valence-electron chi connectivity index (χ2n) is 7.93. The van der Waals surface area contributed by atoms with Crippen LogP contribution in [0.25, 0.3) is 22.4 Å². The number of fused-ring (bicyclic) bond motifs is 2. The van der Waals surface area contributed by atoms with Crippen molar-refractivity contribution in [2.24, 2.45) is 0 Å². The molecule has 0 radical (unpaired) electrons. The summed E-state index contributed by atoms with van der Waals surface area (Å²) in [7, 11) is 0. The average molecular weight is 482 g/mol. The number of nitrogens with zero attached hydrogens (tertiary/aromatic N) is 2. The van der Waals surface area contributed by atoms with Crippen LogP contribution in [0.1, 0.15) is 17.8 Å². The summed E-state index contributed by atoms with van der Waals surface area (Å²) in [5, 5.41) is 1.19. The summed E-state index contributed by atoms with van der Waals surface area (Å²) in [5.41, 5.74) is 1.71. The van der Waals surface area contributed by atoms with Crippen molar-refractivity contribution in [3.8, 4) is 24.7 Å². The van der Waals surface area contributed by atoms with Gasteiger partial charge in [0, 0.05) is 30.0 Å². The normalized spacial score (nSPS) is 14.6. The lowest BCUT2D eigenvalue weighted by molar-refractivity contribution is -0.667. The third kappa shape index (κ3) is 3.86. The van der Waals surface area contributed by atoms with E-state index in [0.29, 0.717) is 25.9 Å². The second kappa shape index (κ2) is 9.35. The zero-order valence-electron chi connectivity index (χ0n) is 18.4. The SMILES string of the molecule is C#CCCN1c2ccccc2SC1C=c1c(=O)c(=Cc2sc3ccccc3[n+]2CCC#C)c1=O. The fourth-order valence-electron chi connectivity index (χ4n) is 4.23. The predicted octanol–water partition coefficient (Wildman–Crippen LogP) is 2.38. The van der Waals surface area contributed by atoms with E-state index >= 15 is 0 Å². The molecule has 0 saturated carbocycles. The number of thiazole rings is 1. The molecule has 0 amide bonds. The minimum Gasteiger partial charge on any atom is -0.354 e. The molecule has 0 fully saturated rings. The molecule has 166 valence electrons. The standard InChI is InChI=1S/C28H21N2O2S2/c1-3-5-15-29-21-11-7-9-13-23(21)33-25(29)17-19-27(31)20(28(19)32)18-26-30(16-6-4-2)22-12-8-10-14-24(22)34-26/h1-2,7-14,17-18,25H,5-6,15-16H2/q+1. The van der Waals surface area contributed by atoms with Crippen molar-refractivity contribution in [1.82, 2.24) is 0 Å². The lowest BCUT2D eigenvalue weighted by atomic mass is 10.1. The number of aryl methyl sites for hydroxylation is 1. The highest BCUT2D eigenvalue weighted by molar-refractivity contribution is 8.00. The minimum atomic E-state index is -0.209. The second-order valence-corrected chi connectivity index (χ2v) is 10.2. The highest BCUT2D eigenvalue weighted by Crippen LogP contribution is 2.43. The van der Waals surface area contributed by atoms with Crippen LogP contribution >= 0.6 is 23.1 Å². The highest BCUT2D eigenvalue weighted by atomic mass is 32.2. The van der Waals surface area contributed by atoms with Gasteiger partial charge < -0.3 is 4.90 Å². The molecule has 1 aliphatic rings. The van der Waals surface area contributed by atoms with Crippen LogP contribution in [-0.2, 0) is 6.54 Å². The lowest BCUT2D eigenvalue weighted by Crippen LogP contribution is -2.65. The Labute approximate surface area is 205 Å². The fraction of sp³-hybridized carbons (Fsp3) is 0.179. The number of terminal acetylenes is 2. The van der Waals surface area contributed by atoms with Crippen LogP contribution < -0.4 is 30.8 Å². The summed E-state index contributed by atoms with van der Waals surface area (Å²) < 4.78 is 3.17. The van der Waals surface area contributed by atoms with Gasteiger partial charge in [-0.05, 0) is 24.3 Å². The Hall–Kier alpha value is -3.58. The Morgan fingerprint density at radius 1 is 0.971 bits per heavy atom. The maximum absolute atomic E-state index is 13.0. The summed E-state index contributed by atoms with van der Waals surface area (Å²) in [5.74, 6) is 5.35. The third-order valence-corrected chi connectivity index (χ3v) is 8.24. The van der Waals surface area contributed by atoms with Gasteiger partial charge in [0.2, 0.25) is 16.4 Å². The van der Waals surface area contributed by atoms with Crippen LogP contribution in [0.5, 0.6) is 0 Å². The quantitative estimate of drug-likeness (QED) is 0.313. The van der Waals surface area contributed by atoms with Crippen molar-refractivity contribution in [3.63, 3.8) is 0 Å². The van der Waals surface area contributed by atoms with Gasteiger partial charge in [-0.3, -0.25) is 9.59 Å². The largest absolute Gasteiger partial charge is 0.354 e. The van der Waals surface area contributed by atoms with E-state index < -0.39 is 0 Å². The molecule has 1 aromatic heterocycles. The first kappa shape index (κ1) is 22.2. The fourth-order valence-corrected chi connectivity index (χ4v) is 6.64. The maximum Gasteiger partial charge on any atom is 0.263 e. The van der Waals surface area contributed by atoms with Gasteiger partial charge >= 0.3 is 0 Å². The molecule has 34 heavy (non-hydrogen) atoms. The molecule has 1 atom stereocenters. The van der Waals surface area contributed by atoms with Gasteiger partial charge in [-0.25, -0.2) is 0 Å². The number of hydrogen-bond acceptors (Lipinski definition) is 5. The summed E-state index contributed by atoms with van der Waals surface area (Å²) in [6.45, 7) is 1.29. The van der Waals surface area contributed by atoms with E-state index in [1.54, 1.807) is 35.3 Å². The van der Waals surface area contributed by atoms with E-state index in [2.05, 4.69) is 21.3 Å².